The predicted octanol–water partition coefficient (Wildman–Crippen LogP) is 1.65. The van der Waals surface area contributed by atoms with Crippen molar-refractivity contribution in [1.29, 1.82) is 0 Å². The maximum absolute atomic E-state index is 10.9. The number of carbonyl (C=O) groups is 2. The van der Waals surface area contributed by atoms with Gasteiger partial charge in [-0.2, -0.15) is 0 Å². The molecule has 8 heteroatoms. The SMILES string of the molecule is CCOC(=O)CNC(=O)OCC(Cl)(Cl)Cl. The van der Waals surface area contributed by atoms with E-state index in [0.29, 0.717) is 0 Å². The van der Waals surface area contributed by atoms with Crippen LogP contribution in [0.3, 0.4) is 0 Å². The lowest BCUT2D eigenvalue weighted by atomic mass is 10.6. The van der Waals surface area contributed by atoms with E-state index in [1.165, 1.54) is 0 Å². The summed E-state index contributed by atoms with van der Waals surface area (Å²) in [7, 11) is 0. The highest BCUT2D eigenvalue weighted by Gasteiger charge is 2.22. The second kappa shape index (κ2) is 6.98. The molecule has 5 nitrogen and oxygen atoms in total. The van der Waals surface area contributed by atoms with E-state index in [4.69, 9.17) is 34.8 Å². The van der Waals surface area contributed by atoms with E-state index < -0.39 is 22.5 Å². The highest BCUT2D eigenvalue weighted by molar-refractivity contribution is 6.67. The summed E-state index contributed by atoms with van der Waals surface area (Å²) in [6.07, 6.45) is -0.852. The van der Waals surface area contributed by atoms with Gasteiger partial charge in [-0.3, -0.25) is 4.79 Å². The lowest BCUT2D eigenvalue weighted by Crippen LogP contribution is -2.32. The molecule has 0 aromatic heterocycles. The fourth-order valence-electron chi connectivity index (χ4n) is 0.555. The highest BCUT2D eigenvalue weighted by Crippen LogP contribution is 2.25. The summed E-state index contributed by atoms with van der Waals surface area (Å²) in [5, 5.41) is 2.13. The Hall–Kier alpha value is -0.390. The van der Waals surface area contributed by atoms with Crippen molar-refractivity contribution in [1.82, 2.24) is 5.32 Å². The van der Waals surface area contributed by atoms with Crippen LogP contribution in [-0.2, 0) is 14.3 Å². The molecule has 0 bridgehead atoms. The van der Waals surface area contributed by atoms with Crippen LogP contribution >= 0.6 is 34.8 Å². The van der Waals surface area contributed by atoms with Crippen molar-refractivity contribution in [2.75, 3.05) is 19.8 Å². The molecule has 1 amide bonds. The zero-order valence-electron chi connectivity index (χ0n) is 7.89. The van der Waals surface area contributed by atoms with Crippen molar-refractivity contribution < 1.29 is 19.1 Å². The number of alkyl carbamates (subject to hydrolysis) is 1. The van der Waals surface area contributed by atoms with Gasteiger partial charge in [0.2, 0.25) is 3.79 Å². The van der Waals surface area contributed by atoms with Crippen LogP contribution in [-0.4, -0.2) is 35.6 Å². The predicted molar refractivity (Wildman–Crippen MR) is 56.3 cm³/mol. The largest absolute Gasteiger partial charge is 0.465 e. The summed E-state index contributed by atoms with van der Waals surface area (Å²) in [5.74, 6) is -0.566. The van der Waals surface area contributed by atoms with Gasteiger partial charge in [0.25, 0.3) is 0 Å². The van der Waals surface area contributed by atoms with Crippen LogP contribution in [0, 0.1) is 0 Å². The number of alkyl halides is 3. The van der Waals surface area contributed by atoms with Crippen molar-refractivity contribution in [2.45, 2.75) is 10.7 Å². The first-order chi connectivity index (χ1) is 6.85. The molecule has 0 unspecified atom stereocenters. The van der Waals surface area contributed by atoms with Crippen LogP contribution in [0.2, 0.25) is 0 Å². The Morgan fingerprint density at radius 1 is 1.27 bits per heavy atom. The van der Waals surface area contributed by atoms with Gasteiger partial charge in [0.05, 0.1) is 6.61 Å². The van der Waals surface area contributed by atoms with Gasteiger partial charge in [-0.25, -0.2) is 4.79 Å². The average molecular weight is 279 g/mol. The van der Waals surface area contributed by atoms with Gasteiger partial charge in [0.15, 0.2) is 0 Å². The van der Waals surface area contributed by atoms with E-state index in [0.717, 1.165) is 0 Å². The van der Waals surface area contributed by atoms with Crippen molar-refractivity contribution in [3.8, 4) is 0 Å². The van der Waals surface area contributed by atoms with Crippen LogP contribution in [0.4, 0.5) is 4.79 Å². The van der Waals surface area contributed by atoms with E-state index in [2.05, 4.69) is 14.8 Å². The maximum Gasteiger partial charge on any atom is 0.407 e. The molecule has 0 aliphatic rings. The Balaban J connectivity index is 3.62. The first kappa shape index (κ1) is 14.6. The molecule has 0 aliphatic heterocycles. The molecule has 0 heterocycles. The van der Waals surface area contributed by atoms with E-state index in [1.54, 1.807) is 6.92 Å². The number of hydrogen-bond donors (Lipinski definition) is 1. The maximum atomic E-state index is 10.9. The number of hydrogen-bond acceptors (Lipinski definition) is 4. The molecule has 15 heavy (non-hydrogen) atoms. The topological polar surface area (TPSA) is 64.6 Å². The Morgan fingerprint density at radius 2 is 1.87 bits per heavy atom. The van der Waals surface area contributed by atoms with Crippen LogP contribution in [0.1, 0.15) is 6.92 Å². The first-order valence-electron chi connectivity index (χ1n) is 3.98. The molecule has 1 N–H and O–H groups in total. The normalized spacial score (nSPS) is 10.7. The number of ether oxygens (including phenoxy) is 2. The van der Waals surface area contributed by atoms with E-state index in [-0.39, 0.29) is 13.2 Å². The smallest absolute Gasteiger partial charge is 0.407 e. The van der Waals surface area contributed by atoms with Crippen LogP contribution in [0.5, 0.6) is 0 Å². The number of halogens is 3. The molecule has 0 saturated carbocycles. The molecule has 0 aliphatic carbocycles. The second-order valence-electron chi connectivity index (χ2n) is 2.35. The standard InChI is InChI=1S/C7H10Cl3NO4/c1-2-14-5(12)3-11-6(13)15-4-7(8,9)10/h2-4H2,1H3,(H,11,13). The molecular weight excluding hydrogens is 268 g/mol. The van der Waals surface area contributed by atoms with Crippen molar-refractivity contribution in [3.63, 3.8) is 0 Å². The van der Waals surface area contributed by atoms with Gasteiger partial charge in [-0.15, -0.1) is 0 Å². The zero-order valence-corrected chi connectivity index (χ0v) is 10.2. The molecule has 0 atom stereocenters. The van der Waals surface area contributed by atoms with Gasteiger partial charge in [-0.05, 0) is 6.92 Å². The molecule has 0 radical (unpaired) electrons. The molecule has 0 saturated heterocycles. The quantitative estimate of drug-likeness (QED) is 0.627. The minimum Gasteiger partial charge on any atom is -0.465 e. The van der Waals surface area contributed by atoms with E-state index in [1.807, 2.05) is 0 Å². The Bertz CT molecular complexity index is 229. The van der Waals surface area contributed by atoms with Gasteiger partial charge in [0.1, 0.15) is 13.2 Å². The Morgan fingerprint density at radius 3 is 2.33 bits per heavy atom. The molecule has 0 fully saturated rings. The minimum absolute atomic E-state index is 0.240. The molecule has 0 aromatic rings. The van der Waals surface area contributed by atoms with Gasteiger partial charge < -0.3 is 14.8 Å². The lowest BCUT2D eigenvalue weighted by Gasteiger charge is -2.11. The molecule has 0 spiro atoms. The van der Waals surface area contributed by atoms with Crippen molar-refractivity contribution in [2.24, 2.45) is 0 Å². The lowest BCUT2D eigenvalue weighted by molar-refractivity contribution is -0.141. The van der Waals surface area contributed by atoms with Crippen molar-refractivity contribution >= 4 is 46.9 Å². The average Bonchev–Trinajstić information content (AvgIpc) is 2.11. The Kier molecular flexibility index (Phi) is 6.80. The molecular formula is C7H10Cl3NO4. The third-order valence-electron chi connectivity index (χ3n) is 1.05. The van der Waals surface area contributed by atoms with Gasteiger partial charge in [-0.1, -0.05) is 34.8 Å². The van der Waals surface area contributed by atoms with Gasteiger partial charge >= 0.3 is 12.1 Å². The van der Waals surface area contributed by atoms with E-state index >= 15 is 0 Å². The minimum atomic E-state index is -1.67. The molecule has 0 rings (SSSR count). The Labute approximate surface area is 102 Å². The summed E-state index contributed by atoms with van der Waals surface area (Å²) in [4.78, 5) is 21.7. The fraction of sp³-hybridized carbons (Fsp3) is 0.714. The monoisotopic (exact) mass is 277 g/mol. The number of carbonyl (C=O) groups excluding carboxylic acids is 2. The third-order valence-corrected chi connectivity index (χ3v) is 1.38. The van der Waals surface area contributed by atoms with Crippen LogP contribution in [0.25, 0.3) is 0 Å². The molecule has 88 valence electrons. The molecule has 0 aromatic carbocycles. The third kappa shape index (κ3) is 9.90. The summed E-state index contributed by atoms with van der Waals surface area (Å²) in [5.41, 5.74) is 0. The summed E-state index contributed by atoms with van der Waals surface area (Å²) in [6.45, 7) is 1.21. The summed E-state index contributed by atoms with van der Waals surface area (Å²) < 4.78 is 7.37. The summed E-state index contributed by atoms with van der Waals surface area (Å²) in [6, 6.07) is 0. The van der Waals surface area contributed by atoms with Gasteiger partial charge in [0, 0.05) is 0 Å². The van der Waals surface area contributed by atoms with Crippen LogP contribution in [0.15, 0.2) is 0 Å². The number of esters is 1. The number of amides is 1. The summed E-state index contributed by atoms with van der Waals surface area (Å²) >= 11 is 16.0. The second-order valence-corrected chi connectivity index (χ2v) is 4.87. The van der Waals surface area contributed by atoms with Crippen LogP contribution < -0.4 is 5.32 Å². The number of nitrogens with one attached hydrogen (secondary N) is 1. The fourth-order valence-corrected chi connectivity index (χ4v) is 0.718. The first-order valence-corrected chi connectivity index (χ1v) is 5.11. The zero-order chi connectivity index (χ0) is 11.9. The highest BCUT2D eigenvalue weighted by atomic mass is 35.6. The van der Waals surface area contributed by atoms with E-state index in [9.17, 15) is 9.59 Å². The van der Waals surface area contributed by atoms with Crippen molar-refractivity contribution in [3.05, 3.63) is 0 Å². The number of rotatable bonds is 4.